The third-order valence-corrected chi connectivity index (χ3v) is 5.77. The van der Waals surface area contributed by atoms with Gasteiger partial charge < -0.3 is 10.2 Å². The van der Waals surface area contributed by atoms with Crippen LogP contribution in [-0.4, -0.2) is 46.9 Å². The first kappa shape index (κ1) is 18.9. The molecule has 0 bridgehead atoms. The van der Waals surface area contributed by atoms with Crippen LogP contribution in [0.15, 0.2) is 60.0 Å². The van der Waals surface area contributed by atoms with Crippen LogP contribution in [0.3, 0.4) is 0 Å². The molecule has 1 aliphatic rings. The lowest BCUT2D eigenvalue weighted by Gasteiger charge is -2.34. The van der Waals surface area contributed by atoms with Gasteiger partial charge in [-0.15, -0.1) is 11.3 Å². The van der Waals surface area contributed by atoms with Crippen LogP contribution < -0.4 is 5.32 Å². The molecule has 3 aromatic rings. The topological polar surface area (TPSA) is 48.5 Å². The van der Waals surface area contributed by atoms with Gasteiger partial charge in [0.15, 0.2) is 5.13 Å². The number of amides is 1. The van der Waals surface area contributed by atoms with Gasteiger partial charge in [-0.3, -0.25) is 9.69 Å². The van der Waals surface area contributed by atoms with Crippen LogP contribution in [0.5, 0.6) is 0 Å². The van der Waals surface area contributed by atoms with Crippen LogP contribution in [0.2, 0.25) is 5.02 Å². The molecule has 1 saturated heterocycles. The van der Waals surface area contributed by atoms with Gasteiger partial charge in [0.05, 0.1) is 5.69 Å². The molecule has 7 heteroatoms. The summed E-state index contributed by atoms with van der Waals surface area (Å²) in [5.41, 5.74) is 2.78. The highest BCUT2D eigenvalue weighted by molar-refractivity contribution is 7.13. The molecule has 0 aliphatic carbocycles. The van der Waals surface area contributed by atoms with Gasteiger partial charge in [0.25, 0.3) is 5.91 Å². The first-order chi connectivity index (χ1) is 13.7. The fraction of sp³-hybridized carbons (Fsp3) is 0.238. The van der Waals surface area contributed by atoms with Crippen molar-refractivity contribution in [3.8, 4) is 0 Å². The summed E-state index contributed by atoms with van der Waals surface area (Å²) in [6.45, 7) is 3.94. The van der Waals surface area contributed by atoms with Crippen molar-refractivity contribution in [2.45, 2.75) is 6.54 Å². The van der Waals surface area contributed by atoms with Gasteiger partial charge in [-0.25, -0.2) is 4.98 Å². The predicted molar refractivity (Wildman–Crippen MR) is 114 cm³/mol. The van der Waals surface area contributed by atoms with Crippen LogP contribution in [0.25, 0.3) is 0 Å². The highest BCUT2D eigenvalue weighted by atomic mass is 35.5. The molecular weight excluding hydrogens is 392 g/mol. The van der Waals surface area contributed by atoms with E-state index in [-0.39, 0.29) is 5.91 Å². The number of carbonyl (C=O) groups is 1. The monoisotopic (exact) mass is 412 g/mol. The summed E-state index contributed by atoms with van der Waals surface area (Å²) < 4.78 is 0. The summed E-state index contributed by atoms with van der Waals surface area (Å²) in [7, 11) is 0. The summed E-state index contributed by atoms with van der Waals surface area (Å²) in [6, 6.07) is 17.1. The molecule has 2 aromatic carbocycles. The number of carbonyl (C=O) groups excluding carboxylic acids is 1. The number of nitrogens with one attached hydrogen (secondary N) is 1. The van der Waals surface area contributed by atoms with E-state index in [1.165, 1.54) is 0 Å². The standard InChI is InChI=1S/C21H21ClN4OS/c22-17-8-6-16(7-9-17)20(27)26-12-10-25(11-13-26)14-19-15-28-21(24-19)23-18-4-2-1-3-5-18/h1-9,15H,10-14H2,(H,23,24). The van der Waals surface area contributed by atoms with Crippen molar-refractivity contribution in [2.24, 2.45) is 0 Å². The Morgan fingerprint density at radius 2 is 1.75 bits per heavy atom. The quantitative estimate of drug-likeness (QED) is 0.670. The van der Waals surface area contributed by atoms with Crippen LogP contribution in [0.4, 0.5) is 10.8 Å². The molecule has 4 rings (SSSR count). The minimum atomic E-state index is 0.0688. The third-order valence-electron chi connectivity index (χ3n) is 4.71. The van der Waals surface area contributed by atoms with Gasteiger partial charge in [-0.05, 0) is 36.4 Å². The van der Waals surface area contributed by atoms with Crippen molar-refractivity contribution in [3.63, 3.8) is 0 Å². The second kappa shape index (κ2) is 8.73. The zero-order valence-corrected chi connectivity index (χ0v) is 16.9. The summed E-state index contributed by atoms with van der Waals surface area (Å²) in [6.07, 6.45) is 0. The van der Waals surface area contributed by atoms with Gasteiger partial charge >= 0.3 is 0 Å². The number of hydrogen-bond donors (Lipinski definition) is 1. The second-order valence-corrected chi connectivity index (χ2v) is 8.00. The van der Waals surface area contributed by atoms with Crippen molar-refractivity contribution in [1.29, 1.82) is 0 Å². The molecule has 1 fully saturated rings. The Kier molecular flexibility index (Phi) is 5.90. The van der Waals surface area contributed by atoms with Crippen molar-refractivity contribution < 1.29 is 4.79 Å². The van der Waals surface area contributed by atoms with Gasteiger partial charge in [-0.2, -0.15) is 0 Å². The average Bonchev–Trinajstić information content (AvgIpc) is 3.16. The Balaban J connectivity index is 1.29. The van der Waals surface area contributed by atoms with Crippen LogP contribution in [-0.2, 0) is 6.54 Å². The number of anilines is 2. The summed E-state index contributed by atoms with van der Waals surface area (Å²) >= 11 is 7.52. The molecule has 0 saturated carbocycles. The minimum Gasteiger partial charge on any atom is -0.336 e. The maximum atomic E-state index is 12.6. The number of para-hydroxylation sites is 1. The highest BCUT2D eigenvalue weighted by Crippen LogP contribution is 2.22. The fourth-order valence-electron chi connectivity index (χ4n) is 3.20. The lowest BCUT2D eigenvalue weighted by atomic mass is 10.2. The van der Waals surface area contributed by atoms with Crippen molar-refractivity contribution in [2.75, 3.05) is 31.5 Å². The Labute approximate surface area is 173 Å². The molecule has 0 radical (unpaired) electrons. The number of aromatic nitrogens is 1. The number of piperazine rings is 1. The van der Waals surface area contributed by atoms with E-state index in [9.17, 15) is 4.79 Å². The molecule has 2 heterocycles. The zero-order valence-electron chi connectivity index (χ0n) is 15.3. The summed E-state index contributed by atoms with van der Waals surface area (Å²) in [5, 5.41) is 6.97. The Hall–Kier alpha value is -2.41. The van der Waals surface area contributed by atoms with E-state index >= 15 is 0 Å². The normalized spacial score (nSPS) is 14.8. The average molecular weight is 413 g/mol. The molecule has 28 heavy (non-hydrogen) atoms. The molecule has 0 spiro atoms. The highest BCUT2D eigenvalue weighted by Gasteiger charge is 2.22. The van der Waals surface area contributed by atoms with E-state index in [1.807, 2.05) is 35.2 Å². The van der Waals surface area contributed by atoms with Crippen LogP contribution in [0, 0.1) is 0 Å². The van der Waals surface area contributed by atoms with Gasteiger partial charge in [0, 0.05) is 54.4 Å². The third kappa shape index (κ3) is 4.70. The van der Waals surface area contributed by atoms with Crippen LogP contribution >= 0.6 is 22.9 Å². The number of benzene rings is 2. The largest absolute Gasteiger partial charge is 0.336 e. The van der Waals surface area contributed by atoms with E-state index in [1.54, 1.807) is 35.6 Å². The molecule has 5 nitrogen and oxygen atoms in total. The number of nitrogens with zero attached hydrogens (tertiary/aromatic N) is 3. The molecular formula is C21H21ClN4OS. The van der Waals surface area contributed by atoms with Crippen molar-refractivity contribution in [3.05, 3.63) is 76.3 Å². The number of rotatable bonds is 5. The Bertz CT molecular complexity index is 921. The number of halogens is 1. The molecule has 1 aliphatic heterocycles. The molecule has 1 amide bonds. The summed E-state index contributed by atoms with van der Waals surface area (Å²) in [4.78, 5) is 21.5. The smallest absolute Gasteiger partial charge is 0.253 e. The van der Waals surface area contributed by atoms with Crippen molar-refractivity contribution >= 4 is 39.7 Å². The van der Waals surface area contributed by atoms with E-state index < -0.39 is 0 Å². The SMILES string of the molecule is O=C(c1ccc(Cl)cc1)N1CCN(Cc2csc(Nc3ccccc3)n2)CC1. The Morgan fingerprint density at radius 3 is 2.46 bits per heavy atom. The molecule has 0 atom stereocenters. The number of thiazole rings is 1. The van der Waals surface area contributed by atoms with E-state index in [0.717, 1.165) is 49.2 Å². The van der Waals surface area contributed by atoms with E-state index in [0.29, 0.717) is 10.6 Å². The lowest BCUT2D eigenvalue weighted by molar-refractivity contribution is 0.0627. The van der Waals surface area contributed by atoms with E-state index in [4.69, 9.17) is 11.6 Å². The lowest BCUT2D eigenvalue weighted by Crippen LogP contribution is -2.48. The van der Waals surface area contributed by atoms with Crippen molar-refractivity contribution in [1.82, 2.24) is 14.8 Å². The maximum Gasteiger partial charge on any atom is 0.253 e. The second-order valence-electron chi connectivity index (χ2n) is 6.71. The van der Waals surface area contributed by atoms with Gasteiger partial charge in [-0.1, -0.05) is 29.8 Å². The predicted octanol–water partition coefficient (Wildman–Crippen LogP) is 4.50. The number of hydrogen-bond acceptors (Lipinski definition) is 5. The first-order valence-corrected chi connectivity index (χ1v) is 10.5. The van der Waals surface area contributed by atoms with Gasteiger partial charge in [0.2, 0.25) is 0 Å². The van der Waals surface area contributed by atoms with Crippen LogP contribution in [0.1, 0.15) is 16.1 Å². The van der Waals surface area contributed by atoms with E-state index in [2.05, 4.69) is 20.6 Å². The Morgan fingerprint density at radius 1 is 1.04 bits per heavy atom. The zero-order chi connectivity index (χ0) is 19.3. The molecule has 0 unspecified atom stereocenters. The fourth-order valence-corrected chi connectivity index (χ4v) is 4.04. The van der Waals surface area contributed by atoms with Gasteiger partial charge in [0.1, 0.15) is 0 Å². The molecule has 144 valence electrons. The molecule has 1 N–H and O–H groups in total. The maximum absolute atomic E-state index is 12.6. The molecule has 1 aromatic heterocycles. The summed E-state index contributed by atoms with van der Waals surface area (Å²) in [5.74, 6) is 0.0688. The minimum absolute atomic E-state index is 0.0688. The first-order valence-electron chi connectivity index (χ1n) is 9.21.